The minimum atomic E-state index is -0.435. The highest BCUT2D eigenvalue weighted by atomic mass is 79.9. The van der Waals surface area contributed by atoms with E-state index in [0.717, 1.165) is 4.91 Å². The summed E-state index contributed by atoms with van der Waals surface area (Å²) in [6, 6.07) is 0. The lowest BCUT2D eigenvalue weighted by atomic mass is 10.1. The maximum atomic E-state index is 11.6. The van der Waals surface area contributed by atoms with Crippen LogP contribution in [-0.2, 0) is 14.3 Å². The first-order valence-corrected chi connectivity index (χ1v) is 7.55. The van der Waals surface area contributed by atoms with Crippen LogP contribution in [0.2, 0.25) is 0 Å². The molecular formula is C8H8BrNO3S2. The van der Waals surface area contributed by atoms with Crippen LogP contribution >= 0.6 is 37.5 Å². The van der Waals surface area contributed by atoms with E-state index < -0.39 is 5.97 Å². The normalized spacial score (nSPS) is 24.8. The van der Waals surface area contributed by atoms with Crippen LogP contribution < -0.4 is 0 Å². The van der Waals surface area contributed by atoms with Crippen molar-refractivity contribution >= 4 is 49.4 Å². The summed E-state index contributed by atoms with van der Waals surface area (Å²) in [5.74, 6) is -0.443. The molecule has 1 atom stereocenters. The van der Waals surface area contributed by atoms with E-state index in [0.29, 0.717) is 17.4 Å². The van der Waals surface area contributed by atoms with Crippen molar-refractivity contribution in [1.29, 1.82) is 0 Å². The van der Waals surface area contributed by atoms with E-state index >= 15 is 0 Å². The largest absolute Gasteiger partial charge is 0.464 e. The molecule has 2 aliphatic rings. The lowest BCUT2D eigenvalue weighted by Gasteiger charge is -2.43. The Bertz CT molecular complexity index is 358. The van der Waals surface area contributed by atoms with Crippen LogP contribution in [-0.4, -0.2) is 34.6 Å². The number of fused-ring (bicyclic) bond motifs is 1. The summed E-state index contributed by atoms with van der Waals surface area (Å²) in [6.07, 6.45) is 0.508. The number of ether oxygens (including phenoxy) is 1. The zero-order chi connectivity index (χ0) is 11.0. The van der Waals surface area contributed by atoms with Gasteiger partial charge in [0.2, 0.25) is 5.91 Å². The van der Waals surface area contributed by atoms with Crippen molar-refractivity contribution in [2.24, 2.45) is 0 Å². The maximum absolute atomic E-state index is 11.6. The number of halogens is 1. The van der Waals surface area contributed by atoms with Gasteiger partial charge in [-0.3, -0.25) is 9.69 Å². The molecule has 1 saturated heterocycles. The number of nitrogens with zero attached hydrogens (tertiary/aromatic N) is 1. The van der Waals surface area contributed by atoms with Crippen molar-refractivity contribution in [1.82, 2.24) is 4.90 Å². The Morgan fingerprint density at radius 1 is 1.73 bits per heavy atom. The molecule has 0 saturated carbocycles. The Labute approximate surface area is 103 Å². The van der Waals surface area contributed by atoms with Crippen molar-refractivity contribution in [2.45, 2.75) is 11.8 Å². The van der Waals surface area contributed by atoms with Gasteiger partial charge in [0.1, 0.15) is 11.1 Å². The van der Waals surface area contributed by atoms with Crippen molar-refractivity contribution in [2.75, 3.05) is 12.4 Å². The number of carbonyl (C=O) groups is 2. The number of amides is 1. The highest BCUT2D eigenvalue weighted by Crippen LogP contribution is 2.50. The first kappa shape index (κ1) is 11.3. The summed E-state index contributed by atoms with van der Waals surface area (Å²) in [4.78, 5) is 25.3. The molecule has 1 fully saturated rings. The quantitative estimate of drug-likeness (QED) is 0.336. The number of rotatable bonds is 2. The second-order valence-electron chi connectivity index (χ2n) is 3.00. The van der Waals surface area contributed by atoms with Gasteiger partial charge in [-0.1, -0.05) is 37.5 Å². The molecule has 0 spiro atoms. The second kappa shape index (κ2) is 4.39. The van der Waals surface area contributed by atoms with Crippen molar-refractivity contribution in [3.05, 3.63) is 10.6 Å². The van der Waals surface area contributed by atoms with E-state index in [9.17, 15) is 9.59 Å². The first-order valence-electron chi connectivity index (χ1n) is 4.22. The molecule has 0 aliphatic carbocycles. The van der Waals surface area contributed by atoms with Crippen LogP contribution in [0, 0.1) is 0 Å². The van der Waals surface area contributed by atoms with E-state index in [-0.39, 0.29) is 11.3 Å². The van der Waals surface area contributed by atoms with Crippen molar-refractivity contribution in [3.8, 4) is 0 Å². The summed E-state index contributed by atoms with van der Waals surface area (Å²) in [5, 5.41) is 0.658. The Hall–Kier alpha value is -0.140. The Morgan fingerprint density at radius 2 is 2.47 bits per heavy atom. The standard InChI is InChI=1S/C8H8BrNO3S2/c1-13-8(12)7-4(3-9)14-15-6-2-5(11)10(6)7/h6H,2-3H2,1H3/t6-/m1/s1. The molecule has 2 heterocycles. The molecule has 0 aromatic rings. The summed E-state index contributed by atoms with van der Waals surface area (Å²) >= 11 is 3.30. The fourth-order valence-electron chi connectivity index (χ4n) is 1.41. The van der Waals surface area contributed by atoms with E-state index in [1.165, 1.54) is 22.8 Å². The van der Waals surface area contributed by atoms with Crippen LogP contribution in [0.5, 0.6) is 0 Å². The molecule has 82 valence electrons. The Balaban J connectivity index is 2.35. The van der Waals surface area contributed by atoms with Gasteiger partial charge in [-0.25, -0.2) is 4.79 Å². The number of hydrogen-bond acceptors (Lipinski definition) is 5. The minimum Gasteiger partial charge on any atom is -0.464 e. The van der Waals surface area contributed by atoms with Crippen LogP contribution in [0.25, 0.3) is 0 Å². The number of β-lactam (4-membered cyclic amide) rings is 1. The first-order chi connectivity index (χ1) is 7.19. The SMILES string of the molecule is COC(=O)C1=C(CBr)SS[C@@H]2CC(=O)N12. The third kappa shape index (κ3) is 1.81. The van der Waals surface area contributed by atoms with Crippen LogP contribution in [0.3, 0.4) is 0 Å². The van der Waals surface area contributed by atoms with E-state index in [2.05, 4.69) is 20.7 Å². The lowest BCUT2D eigenvalue weighted by Crippen LogP contribution is -2.52. The summed E-state index contributed by atoms with van der Waals surface area (Å²) in [5.41, 5.74) is 0.402. The van der Waals surface area contributed by atoms with Gasteiger partial charge in [-0.15, -0.1) is 0 Å². The number of allylic oxidation sites excluding steroid dienone is 1. The van der Waals surface area contributed by atoms with Gasteiger partial charge in [-0.05, 0) is 0 Å². The number of methoxy groups -OCH3 is 1. The van der Waals surface area contributed by atoms with Gasteiger partial charge in [0, 0.05) is 10.2 Å². The van der Waals surface area contributed by atoms with Gasteiger partial charge in [0.15, 0.2) is 0 Å². The molecule has 0 N–H and O–H groups in total. The second-order valence-corrected chi connectivity index (χ2v) is 6.03. The molecule has 0 bridgehead atoms. The number of esters is 1. The van der Waals surface area contributed by atoms with Gasteiger partial charge < -0.3 is 4.74 Å². The number of hydrogen-bond donors (Lipinski definition) is 0. The molecule has 2 aliphatic heterocycles. The third-order valence-corrected chi connectivity index (χ3v) is 5.90. The summed E-state index contributed by atoms with van der Waals surface area (Å²) in [7, 11) is 4.47. The van der Waals surface area contributed by atoms with E-state index in [1.54, 1.807) is 10.8 Å². The average Bonchev–Trinajstić information content (AvgIpc) is 2.25. The molecule has 0 aromatic heterocycles. The zero-order valence-electron chi connectivity index (χ0n) is 7.86. The predicted molar refractivity (Wildman–Crippen MR) is 63.3 cm³/mol. The molecule has 7 heteroatoms. The Kier molecular flexibility index (Phi) is 3.32. The topological polar surface area (TPSA) is 46.6 Å². The highest BCUT2D eigenvalue weighted by molar-refractivity contribution is 9.09. The predicted octanol–water partition coefficient (Wildman–Crippen LogP) is 1.72. The fourth-order valence-corrected chi connectivity index (χ4v) is 5.09. The molecular weight excluding hydrogens is 302 g/mol. The molecule has 15 heavy (non-hydrogen) atoms. The summed E-state index contributed by atoms with van der Waals surface area (Å²) in [6.45, 7) is 0. The van der Waals surface area contributed by atoms with Crippen molar-refractivity contribution in [3.63, 3.8) is 0 Å². The van der Waals surface area contributed by atoms with Gasteiger partial charge >= 0.3 is 5.97 Å². The zero-order valence-corrected chi connectivity index (χ0v) is 11.1. The van der Waals surface area contributed by atoms with Crippen LogP contribution in [0.15, 0.2) is 10.6 Å². The van der Waals surface area contributed by atoms with Gasteiger partial charge in [0.25, 0.3) is 0 Å². The molecule has 0 radical (unpaired) electrons. The van der Waals surface area contributed by atoms with E-state index in [4.69, 9.17) is 0 Å². The number of alkyl halides is 1. The minimum absolute atomic E-state index is 0.00773. The average molecular weight is 310 g/mol. The molecule has 4 nitrogen and oxygen atoms in total. The molecule has 2 rings (SSSR count). The van der Waals surface area contributed by atoms with Crippen LogP contribution in [0.4, 0.5) is 0 Å². The summed E-state index contributed by atoms with van der Waals surface area (Å²) < 4.78 is 4.69. The highest BCUT2D eigenvalue weighted by Gasteiger charge is 2.46. The van der Waals surface area contributed by atoms with Crippen molar-refractivity contribution < 1.29 is 14.3 Å². The third-order valence-electron chi connectivity index (χ3n) is 2.17. The molecule has 1 amide bonds. The van der Waals surface area contributed by atoms with Gasteiger partial charge in [-0.2, -0.15) is 0 Å². The number of carbonyl (C=O) groups excluding carboxylic acids is 2. The lowest BCUT2D eigenvalue weighted by molar-refractivity contribution is -0.147. The van der Waals surface area contributed by atoms with Gasteiger partial charge in [0.05, 0.1) is 13.5 Å². The Morgan fingerprint density at radius 3 is 3.00 bits per heavy atom. The molecule has 0 unspecified atom stereocenters. The van der Waals surface area contributed by atoms with Crippen LogP contribution in [0.1, 0.15) is 6.42 Å². The smallest absolute Gasteiger partial charge is 0.355 e. The molecule has 0 aromatic carbocycles. The maximum Gasteiger partial charge on any atom is 0.355 e. The van der Waals surface area contributed by atoms with E-state index in [1.807, 2.05) is 0 Å². The fraction of sp³-hybridized carbons (Fsp3) is 0.500. The monoisotopic (exact) mass is 309 g/mol.